The molecule has 0 fully saturated rings. The third-order valence-electron chi connectivity index (χ3n) is 5.74. The Hall–Kier alpha value is -2.13. The summed E-state index contributed by atoms with van der Waals surface area (Å²) in [5.74, 6) is 0.208. The van der Waals surface area contributed by atoms with E-state index in [1.807, 2.05) is 41.3 Å². The summed E-state index contributed by atoms with van der Waals surface area (Å²) in [6.07, 6.45) is 0. The monoisotopic (exact) mass is 525 g/mol. The van der Waals surface area contributed by atoms with Gasteiger partial charge in [-0.15, -0.1) is 0 Å². The van der Waals surface area contributed by atoms with E-state index in [1.54, 1.807) is 0 Å². The molecule has 152 valence electrons. The molecule has 3 aromatic carbocycles. The molecule has 0 aliphatic carbocycles. The molecule has 1 atom stereocenters. The van der Waals surface area contributed by atoms with Gasteiger partial charge in [-0.25, -0.2) is 0 Å². The standard InChI is InChI=1S/C26H24BrNOSe/c1-19-24(21-13-15-22(27)16-14-21)28(17-20-9-5-3-6-10-20)25(29)26(19,2)18-30-23-11-7-4-8-12-23/h3-16H,17-18H2,1-2H3. The van der Waals surface area contributed by atoms with Gasteiger partial charge in [0, 0.05) is 0 Å². The average Bonchev–Trinajstić information content (AvgIpc) is 2.96. The molecular weight excluding hydrogens is 501 g/mol. The van der Waals surface area contributed by atoms with Crippen LogP contribution >= 0.6 is 15.9 Å². The van der Waals surface area contributed by atoms with Crippen LogP contribution in [0.5, 0.6) is 0 Å². The van der Waals surface area contributed by atoms with Gasteiger partial charge in [-0.2, -0.15) is 0 Å². The maximum absolute atomic E-state index is 13.8. The van der Waals surface area contributed by atoms with Crippen LogP contribution in [0.2, 0.25) is 5.32 Å². The summed E-state index contributed by atoms with van der Waals surface area (Å²) in [5.41, 5.74) is 3.99. The second-order valence-electron chi connectivity index (χ2n) is 7.79. The van der Waals surface area contributed by atoms with E-state index in [4.69, 9.17) is 0 Å². The molecule has 1 heterocycles. The van der Waals surface area contributed by atoms with Gasteiger partial charge in [0.2, 0.25) is 0 Å². The summed E-state index contributed by atoms with van der Waals surface area (Å²) in [7, 11) is 0. The number of benzene rings is 3. The van der Waals surface area contributed by atoms with Crippen LogP contribution in [-0.4, -0.2) is 25.8 Å². The molecule has 4 rings (SSSR count). The number of carbonyl (C=O) groups is 1. The number of nitrogens with zero attached hydrogens (tertiary/aromatic N) is 1. The Balaban J connectivity index is 1.71. The molecule has 0 N–H and O–H groups in total. The summed E-state index contributed by atoms with van der Waals surface area (Å²) in [4.78, 5) is 15.8. The minimum atomic E-state index is -0.479. The van der Waals surface area contributed by atoms with Crippen molar-refractivity contribution in [2.24, 2.45) is 5.41 Å². The van der Waals surface area contributed by atoms with E-state index in [1.165, 1.54) is 10.0 Å². The van der Waals surface area contributed by atoms with Crippen LogP contribution in [0.25, 0.3) is 5.70 Å². The second kappa shape index (κ2) is 8.93. The van der Waals surface area contributed by atoms with E-state index in [0.29, 0.717) is 6.54 Å². The van der Waals surface area contributed by atoms with Crippen LogP contribution in [0.15, 0.2) is 95.0 Å². The molecule has 0 radical (unpaired) electrons. The van der Waals surface area contributed by atoms with Crippen LogP contribution in [0.3, 0.4) is 0 Å². The van der Waals surface area contributed by atoms with E-state index in [0.717, 1.165) is 26.6 Å². The molecule has 3 aromatic rings. The van der Waals surface area contributed by atoms with Crippen molar-refractivity contribution in [3.8, 4) is 0 Å². The fraction of sp³-hybridized carbons (Fsp3) is 0.192. The van der Waals surface area contributed by atoms with Crippen LogP contribution in [0.1, 0.15) is 25.0 Å². The van der Waals surface area contributed by atoms with Gasteiger partial charge in [-0.1, -0.05) is 0 Å². The number of amides is 1. The molecule has 1 unspecified atom stereocenters. The zero-order valence-electron chi connectivity index (χ0n) is 17.1. The Morgan fingerprint density at radius 1 is 0.900 bits per heavy atom. The predicted molar refractivity (Wildman–Crippen MR) is 128 cm³/mol. The number of halogens is 1. The fourth-order valence-electron chi connectivity index (χ4n) is 3.83. The Kier molecular flexibility index (Phi) is 6.29. The summed E-state index contributed by atoms with van der Waals surface area (Å²) in [6.45, 7) is 4.86. The van der Waals surface area contributed by atoms with E-state index in [2.05, 4.69) is 78.3 Å². The van der Waals surface area contributed by atoms with Crippen molar-refractivity contribution >= 4 is 47.0 Å². The summed E-state index contributed by atoms with van der Waals surface area (Å²) >= 11 is 3.77. The molecule has 1 aliphatic rings. The molecule has 0 aromatic heterocycles. The molecule has 2 nitrogen and oxygen atoms in total. The second-order valence-corrected chi connectivity index (χ2v) is 10.9. The van der Waals surface area contributed by atoms with Crippen molar-refractivity contribution in [3.63, 3.8) is 0 Å². The van der Waals surface area contributed by atoms with Gasteiger partial charge in [-0.3, -0.25) is 0 Å². The quantitative estimate of drug-likeness (QED) is 0.380. The Labute approximate surface area is 193 Å². The number of rotatable bonds is 6. The number of hydrogen-bond donors (Lipinski definition) is 0. The first kappa shape index (κ1) is 21.1. The summed E-state index contributed by atoms with van der Waals surface area (Å²) in [6, 6.07) is 29.1. The van der Waals surface area contributed by atoms with Gasteiger partial charge < -0.3 is 0 Å². The third kappa shape index (κ3) is 4.18. The molecule has 4 heteroatoms. The fourth-order valence-corrected chi connectivity index (χ4v) is 6.50. The molecule has 1 amide bonds. The van der Waals surface area contributed by atoms with Crippen LogP contribution < -0.4 is 4.46 Å². The molecule has 0 bridgehead atoms. The first-order valence-electron chi connectivity index (χ1n) is 10.00. The Morgan fingerprint density at radius 3 is 2.13 bits per heavy atom. The maximum atomic E-state index is 13.8. The zero-order valence-corrected chi connectivity index (χ0v) is 20.4. The van der Waals surface area contributed by atoms with Crippen molar-refractivity contribution in [2.45, 2.75) is 25.7 Å². The number of hydrogen-bond acceptors (Lipinski definition) is 1. The van der Waals surface area contributed by atoms with Crippen LogP contribution in [-0.2, 0) is 11.3 Å². The van der Waals surface area contributed by atoms with Gasteiger partial charge in [0.1, 0.15) is 0 Å². The molecular formula is C26H24BrNOSe. The topological polar surface area (TPSA) is 20.3 Å². The van der Waals surface area contributed by atoms with Gasteiger partial charge in [0.15, 0.2) is 0 Å². The van der Waals surface area contributed by atoms with Crippen molar-refractivity contribution < 1.29 is 4.79 Å². The SMILES string of the molecule is CC1=C(c2ccc(Br)cc2)N(Cc2ccccc2)C(=O)C1(C)C[Se]c1ccccc1. The Morgan fingerprint density at radius 2 is 1.50 bits per heavy atom. The van der Waals surface area contributed by atoms with Gasteiger partial charge in [0.05, 0.1) is 0 Å². The first-order chi connectivity index (χ1) is 14.5. The predicted octanol–water partition coefficient (Wildman–Crippen LogP) is 5.68. The van der Waals surface area contributed by atoms with Crippen LogP contribution in [0.4, 0.5) is 0 Å². The molecule has 30 heavy (non-hydrogen) atoms. The summed E-state index contributed by atoms with van der Waals surface area (Å²) in [5, 5.41) is 0.861. The van der Waals surface area contributed by atoms with Crippen LogP contribution in [0, 0.1) is 5.41 Å². The van der Waals surface area contributed by atoms with Gasteiger partial charge >= 0.3 is 194 Å². The normalized spacial score (nSPS) is 18.9. The van der Waals surface area contributed by atoms with E-state index in [-0.39, 0.29) is 20.9 Å². The summed E-state index contributed by atoms with van der Waals surface area (Å²) < 4.78 is 2.37. The van der Waals surface area contributed by atoms with Crippen molar-refractivity contribution in [1.82, 2.24) is 4.90 Å². The van der Waals surface area contributed by atoms with Crippen molar-refractivity contribution in [2.75, 3.05) is 0 Å². The molecule has 0 spiro atoms. The van der Waals surface area contributed by atoms with Gasteiger partial charge in [-0.05, 0) is 0 Å². The molecule has 0 saturated heterocycles. The van der Waals surface area contributed by atoms with Crippen molar-refractivity contribution in [3.05, 3.63) is 106 Å². The zero-order chi connectivity index (χ0) is 21.1. The average molecular weight is 525 g/mol. The van der Waals surface area contributed by atoms with Crippen molar-refractivity contribution in [1.29, 1.82) is 0 Å². The molecule has 1 aliphatic heterocycles. The van der Waals surface area contributed by atoms with E-state index >= 15 is 0 Å². The van der Waals surface area contributed by atoms with E-state index < -0.39 is 5.41 Å². The third-order valence-corrected chi connectivity index (χ3v) is 9.06. The first-order valence-corrected chi connectivity index (χ1v) is 12.9. The minimum absolute atomic E-state index is 0.208. The van der Waals surface area contributed by atoms with Gasteiger partial charge in [0.25, 0.3) is 0 Å². The van der Waals surface area contributed by atoms with E-state index in [9.17, 15) is 4.79 Å². The molecule has 0 saturated carbocycles. The Bertz CT molecular complexity index is 1060. The number of carbonyl (C=O) groups excluding carboxylic acids is 1.